The molecule has 0 amide bonds. The number of rotatable bonds is 5. The average Bonchev–Trinajstić information content (AvgIpc) is 2.45. The average molecular weight is 200 g/mol. The Kier molecular flexibility index (Phi) is 6.15. The molecule has 0 aromatic heterocycles. The molecule has 1 atom stereocenters. The van der Waals surface area contributed by atoms with Crippen molar-refractivity contribution in [2.75, 3.05) is 39.4 Å². The monoisotopic (exact) mass is 200 g/mol. The van der Waals surface area contributed by atoms with Crippen LogP contribution < -0.4 is 5.32 Å². The van der Waals surface area contributed by atoms with Crippen molar-refractivity contribution in [1.82, 2.24) is 10.2 Å². The van der Waals surface area contributed by atoms with Crippen LogP contribution in [0.1, 0.15) is 26.7 Å². The normalized spacial score (nSPS) is 21.9. The first-order valence-electron chi connectivity index (χ1n) is 5.90. The molecule has 1 N–H and O–H groups in total. The molecular weight excluding hydrogens is 176 g/mol. The van der Waals surface area contributed by atoms with Gasteiger partial charge in [0.05, 0.1) is 6.61 Å². The summed E-state index contributed by atoms with van der Waals surface area (Å²) in [7, 11) is 0. The van der Waals surface area contributed by atoms with Crippen molar-refractivity contribution in [3.63, 3.8) is 0 Å². The molecule has 0 aliphatic carbocycles. The highest BCUT2D eigenvalue weighted by Gasteiger charge is 2.13. The second-order valence-electron chi connectivity index (χ2n) is 3.93. The van der Waals surface area contributed by atoms with Gasteiger partial charge in [-0.15, -0.1) is 0 Å². The van der Waals surface area contributed by atoms with E-state index >= 15 is 0 Å². The van der Waals surface area contributed by atoms with Crippen LogP contribution in [0.4, 0.5) is 0 Å². The molecule has 0 radical (unpaired) electrons. The van der Waals surface area contributed by atoms with Crippen molar-refractivity contribution < 1.29 is 4.74 Å². The Morgan fingerprint density at radius 1 is 1.29 bits per heavy atom. The molecule has 1 fully saturated rings. The van der Waals surface area contributed by atoms with E-state index in [1.165, 1.54) is 25.9 Å². The molecule has 3 nitrogen and oxygen atoms in total. The highest BCUT2D eigenvalue weighted by molar-refractivity contribution is 4.71. The zero-order valence-electron chi connectivity index (χ0n) is 9.59. The van der Waals surface area contributed by atoms with Gasteiger partial charge >= 0.3 is 0 Å². The molecule has 1 aliphatic rings. The summed E-state index contributed by atoms with van der Waals surface area (Å²) < 4.78 is 5.44. The molecule has 1 heterocycles. The Bertz CT molecular complexity index is 133. The molecule has 3 heteroatoms. The number of hydrogen-bond acceptors (Lipinski definition) is 3. The minimum Gasteiger partial charge on any atom is -0.380 e. The van der Waals surface area contributed by atoms with Gasteiger partial charge in [-0.05, 0) is 19.4 Å². The predicted octanol–water partition coefficient (Wildman–Crippen LogP) is 1.10. The fraction of sp³-hybridized carbons (Fsp3) is 1.00. The second kappa shape index (κ2) is 7.21. The summed E-state index contributed by atoms with van der Waals surface area (Å²) in [5, 5.41) is 3.52. The van der Waals surface area contributed by atoms with E-state index < -0.39 is 0 Å². The van der Waals surface area contributed by atoms with E-state index in [9.17, 15) is 0 Å². The third kappa shape index (κ3) is 4.40. The van der Waals surface area contributed by atoms with Crippen LogP contribution in [0.2, 0.25) is 0 Å². The third-order valence-corrected chi connectivity index (χ3v) is 2.78. The molecule has 14 heavy (non-hydrogen) atoms. The molecule has 0 aromatic carbocycles. The van der Waals surface area contributed by atoms with E-state index in [0.29, 0.717) is 6.04 Å². The van der Waals surface area contributed by atoms with Crippen molar-refractivity contribution in [2.45, 2.75) is 32.7 Å². The van der Waals surface area contributed by atoms with Crippen molar-refractivity contribution >= 4 is 0 Å². The van der Waals surface area contributed by atoms with Gasteiger partial charge < -0.3 is 10.1 Å². The quantitative estimate of drug-likeness (QED) is 0.719. The summed E-state index contributed by atoms with van der Waals surface area (Å²) in [6, 6.07) is 0.651. The molecule has 0 saturated carbocycles. The zero-order valence-corrected chi connectivity index (χ0v) is 9.59. The van der Waals surface area contributed by atoms with E-state index in [4.69, 9.17) is 4.74 Å². The van der Waals surface area contributed by atoms with E-state index in [1.807, 2.05) is 0 Å². The van der Waals surface area contributed by atoms with Crippen LogP contribution in [-0.4, -0.2) is 50.3 Å². The summed E-state index contributed by atoms with van der Waals surface area (Å²) >= 11 is 0. The number of hydrogen-bond donors (Lipinski definition) is 1. The first-order chi connectivity index (χ1) is 6.86. The predicted molar refractivity (Wildman–Crippen MR) is 59.6 cm³/mol. The SMILES string of the molecule is CCNC(CC)CN1CCCOCC1. The first kappa shape index (κ1) is 12.0. The molecule has 1 unspecified atom stereocenters. The lowest BCUT2D eigenvalue weighted by Gasteiger charge is -2.25. The van der Waals surface area contributed by atoms with Crippen molar-refractivity contribution in [3.05, 3.63) is 0 Å². The Morgan fingerprint density at radius 2 is 2.14 bits per heavy atom. The summed E-state index contributed by atoms with van der Waals surface area (Å²) in [6.07, 6.45) is 2.40. The maximum atomic E-state index is 5.44. The minimum absolute atomic E-state index is 0.651. The van der Waals surface area contributed by atoms with Gasteiger partial charge in [0.25, 0.3) is 0 Å². The van der Waals surface area contributed by atoms with Crippen molar-refractivity contribution in [1.29, 1.82) is 0 Å². The standard InChI is InChI=1S/C11H24N2O/c1-3-11(12-4-2)10-13-6-5-8-14-9-7-13/h11-12H,3-10H2,1-2H3. The van der Waals surface area contributed by atoms with Crippen LogP contribution >= 0.6 is 0 Å². The summed E-state index contributed by atoms with van der Waals surface area (Å²) in [5.74, 6) is 0. The fourth-order valence-corrected chi connectivity index (χ4v) is 1.92. The second-order valence-corrected chi connectivity index (χ2v) is 3.93. The molecular formula is C11H24N2O. The molecule has 0 aromatic rings. The molecule has 1 aliphatic heterocycles. The number of likely N-dealkylation sites (N-methyl/N-ethyl adjacent to an activating group) is 1. The van der Waals surface area contributed by atoms with Crippen LogP contribution in [0.5, 0.6) is 0 Å². The fourth-order valence-electron chi connectivity index (χ4n) is 1.92. The topological polar surface area (TPSA) is 24.5 Å². The first-order valence-corrected chi connectivity index (χ1v) is 5.90. The van der Waals surface area contributed by atoms with Crippen molar-refractivity contribution in [2.24, 2.45) is 0 Å². The summed E-state index contributed by atoms with van der Waals surface area (Å²) in [6.45, 7) is 10.8. The van der Waals surface area contributed by atoms with Crippen LogP contribution in [0.3, 0.4) is 0 Å². The van der Waals surface area contributed by atoms with Gasteiger partial charge in [0.15, 0.2) is 0 Å². The van der Waals surface area contributed by atoms with E-state index in [1.54, 1.807) is 0 Å². The molecule has 1 saturated heterocycles. The van der Waals surface area contributed by atoms with Gasteiger partial charge in [0.2, 0.25) is 0 Å². The van der Waals surface area contributed by atoms with Gasteiger partial charge in [-0.3, -0.25) is 4.90 Å². The maximum absolute atomic E-state index is 5.44. The maximum Gasteiger partial charge on any atom is 0.0593 e. The minimum atomic E-state index is 0.651. The summed E-state index contributed by atoms with van der Waals surface area (Å²) in [4.78, 5) is 2.52. The summed E-state index contributed by atoms with van der Waals surface area (Å²) in [5.41, 5.74) is 0. The van der Waals surface area contributed by atoms with Gasteiger partial charge in [0, 0.05) is 32.3 Å². The Hall–Kier alpha value is -0.120. The lowest BCUT2D eigenvalue weighted by Crippen LogP contribution is -2.41. The molecule has 1 rings (SSSR count). The number of ether oxygens (including phenoxy) is 1. The highest BCUT2D eigenvalue weighted by Crippen LogP contribution is 2.02. The molecule has 0 spiro atoms. The van der Waals surface area contributed by atoms with Crippen LogP contribution in [0, 0.1) is 0 Å². The van der Waals surface area contributed by atoms with E-state index in [2.05, 4.69) is 24.1 Å². The third-order valence-electron chi connectivity index (χ3n) is 2.78. The smallest absolute Gasteiger partial charge is 0.0593 e. The van der Waals surface area contributed by atoms with Crippen LogP contribution in [0.25, 0.3) is 0 Å². The van der Waals surface area contributed by atoms with Gasteiger partial charge in [-0.25, -0.2) is 0 Å². The van der Waals surface area contributed by atoms with Gasteiger partial charge in [0.1, 0.15) is 0 Å². The van der Waals surface area contributed by atoms with Crippen molar-refractivity contribution in [3.8, 4) is 0 Å². The Labute approximate surface area is 87.8 Å². The largest absolute Gasteiger partial charge is 0.380 e. The molecule has 84 valence electrons. The zero-order chi connectivity index (χ0) is 10.2. The van der Waals surface area contributed by atoms with Gasteiger partial charge in [-0.1, -0.05) is 13.8 Å². The van der Waals surface area contributed by atoms with E-state index in [-0.39, 0.29) is 0 Å². The Balaban J connectivity index is 2.24. The van der Waals surface area contributed by atoms with Crippen LogP contribution in [0.15, 0.2) is 0 Å². The number of nitrogens with zero attached hydrogens (tertiary/aromatic N) is 1. The lowest BCUT2D eigenvalue weighted by molar-refractivity contribution is 0.139. The van der Waals surface area contributed by atoms with Gasteiger partial charge in [-0.2, -0.15) is 0 Å². The van der Waals surface area contributed by atoms with E-state index in [0.717, 1.165) is 26.3 Å². The van der Waals surface area contributed by atoms with Crippen LogP contribution in [-0.2, 0) is 4.74 Å². The number of nitrogens with one attached hydrogen (secondary N) is 1. The molecule has 0 bridgehead atoms. The Morgan fingerprint density at radius 3 is 2.86 bits per heavy atom. The highest BCUT2D eigenvalue weighted by atomic mass is 16.5. The lowest BCUT2D eigenvalue weighted by atomic mass is 10.2.